The van der Waals surface area contributed by atoms with E-state index < -0.39 is 0 Å². The van der Waals surface area contributed by atoms with Crippen molar-refractivity contribution in [3.05, 3.63) is 83.4 Å². The third-order valence-corrected chi connectivity index (χ3v) is 5.34. The van der Waals surface area contributed by atoms with Gasteiger partial charge < -0.3 is 15.5 Å². The quantitative estimate of drug-likeness (QED) is 0.653. The lowest BCUT2D eigenvalue weighted by molar-refractivity contribution is -0.120. The van der Waals surface area contributed by atoms with Crippen LogP contribution in [0.4, 0.5) is 11.4 Å². The van der Waals surface area contributed by atoms with Crippen LogP contribution >= 0.6 is 11.6 Å². The molecule has 0 spiro atoms. The van der Waals surface area contributed by atoms with Crippen molar-refractivity contribution < 1.29 is 9.59 Å². The maximum atomic E-state index is 12.5. The number of halogens is 1. The van der Waals surface area contributed by atoms with Crippen LogP contribution < -0.4 is 15.5 Å². The van der Waals surface area contributed by atoms with Crippen LogP contribution in [0.2, 0.25) is 5.02 Å². The summed E-state index contributed by atoms with van der Waals surface area (Å²) in [5, 5.41) is 6.20. The van der Waals surface area contributed by atoms with Crippen molar-refractivity contribution in [2.75, 3.05) is 29.9 Å². The van der Waals surface area contributed by atoms with Gasteiger partial charge in [0.25, 0.3) is 0 Å². The van der Waals surface area contributed by atoms with Gasteiger partial charge in [0.1, 0.15) is 0 Å². The van der Waals surface area contributed by atoms with Crippen LogP contribution in [0.1, 0.15) is 5.56 Å². The average molecular weight is 420 g/mol. The SMILES string of the molecule is O=C1CN(c2ccc(NC(=O)Cc3ccc(-c4ccccc4)cc3)cc2Cl)CCN1. The standard InChI is InChI=1S/C24H22ClN3O2/c25-21-15-20(10-11-22(21)28-13-12-26-24(30)16-28)27-23(29)14-17-6-8-19(9-7-17)18-4-2-1-3-5-18/h1-11,15H,12-14,16H2,(H,26,30)(H,27,29). The van der Waals surface area contributed by atoms with E-state index in [1.807, 2.05) is 59.5 Å². The van der Waals surface area contributed by atoms with Gasteiger partial charge in [-0.25, -0.2) is 0 Å². The molecule has 2 N–H and O–H groups in total. The van der Waals surface area contributed by atoms with Gasteiger partial charge >= 0.3 is 0 Å². The number of nitrogens with one attached hydrogen (secondary N) is 2. The Balaban J connectivity index is 1.38. The van der Waals surface area contributed by atoms with Gasteiger partial charge in [-0.2, -0.15) is 0 Å². The molecule has 0 atom stereocenters. The predicted molar refractivity (Wildman–Crippen MR) is 121 cm³/mol. The highest BCUT2D eigenvalue weighted by molar-refractivity contribution is 6.33. The van der Waals surface area contributed by atoms with Crippen molar-refractivity contribution in [3.63, 3.8) is 0 Å². The van der Waals surface area contributed by atoms with E-state index in [2.05, 4.69) is 22.8 Å². The molecule has 30 heavy (non-hydrogen) atoms. The predicted octanol–water partition coefficient (Wildman–Crippen LogP) is 4.12. The lowest BCUT2D eigenvalue weighted by Gasteiger charge is -2.29. The maximum absolute atomic E-state index is 12.5. The number of piperazine rings is 1. The van der Waals surface area contributed by atoms with Crippen molar-refractivity contribution >= 4 is 34.8 Å². The van der Waals surface area contributed by atoms with E-state index in [0.29, 0.717) is 23.8 Å². The molecule has 2 amide bonds. The molecule has 1 aliphatic rings. The number of carbonyl (C=O) groups is 2. The van der Waals surface area contributed by atoms with E-state index >= 15 is 0 Å². The second-order valence-electron chi connectivity index (χ2n) is 7.23. The van der Waals surface area contributed by atoms with E-state index in [0.717, 1.165) is 22.4 Å². The molecule has 0 saturated carbocycles. The summed E-state index contributed by atoms with van der Waals surface area (Å²) >= 11 is 6.41. The summed E-state index contributed by atoms with van der Waals surface area (Å²) in [6, 6.07) is 23.5. The van der Waals surface area contributed by atoms with Gasteiger partial charge in [0.05, 0.1) is 23.7 Å². The summed E-state index contributed by atoms with van der Waals surface area (Å²) < 4.78 is 0. The first-order valence-corrected chi connectivity index (χ1v) is 10.2. The molecule has 6 heteroatoms. The summed E-state index contributed by atoms with van der Waals surface area (Å²) in [7, 11) is 0. The third-order valence-electron chi connectivity index (χ3n) is 5.04. The summed E-state index contributed by atoms with van der Waals surface area (Å²) in [6.07, 6.45) is 0.279. The molecule has 0 unspecified atom stereocenters. The molecule has 1 aliphatic heterocycles. The molecule has 5 nitrogen and oxygen atoms in total. The molecule has 0 radical (unpaired) electrons. The molecule has 1 saturated heterocycles. The van der Waals surface area contributed by atoms with Gasteiger partial charge in [-0.05, 0) is 34.9 Å². The van der Waals surface area contributed by atoms with Crippen molar-refractivity contribution in [2.45, 2.75) is 6.42 Å². The zero-order valence-corrected chi connectivity index (χ0v) is 17.2. The number of carbonyl (C=O) groups excluding carboxylic acids is 2. The molecular weight excluding hydrogens is 398 g/mol. The van der Waals surface area contributed by atoms with Crippen LogP contribution in [0.15, 0.2) is 72.8 Å². The number of hydrogen-bond acceptors (Lipinski definition) is 3. The Hall–Kier alpha value is -3.31. The number of hydrogen-bond donors (Lipinski definition) is 2. The van der Waals surface area contributed by atoms with Crippen molar-refractivity contribution in [1.82, 2.24) is 5.32 Å². The molecule has 152 valence electrons. The molecule has 1 heterocycles. The summed E-state index contributed by atoms with van der Waals surface area (Å²) in [5.74, 6) is -0.128. The van der Waals surface area contributed by atoms with E-state index in [-0.39, 0.29) is 24.8 Å². The van der Waals surface area contributed by atoms with Gasteiger partial charge in [-0.3, -0.25) is 9.59 Å². The van der Waals surface area contributed by atoms with Gasteiger partial charge in [0.2, 0.25) is 11.8 Å². The molecule has 0 bridgehead atoms. The zero-order valence-electron chi connectivity index (χ0n) is 16.4. The minimum absolute atomic E-state index is 0.0204. The first kappa shape index (κ1) is 20.0. The van der Waals surface area contributed by atoms with Crippen LogP contribution in [0.5, 0.6) is 0 Å². The van der Waals surface area contributed by atoms with Gasteiger partial charge in [-0.15, -0.1) is 0 Å². The fraction of sp³-hybridized carbons (Fsp3) is 0.167. The van der Waals surface area contributed by atoms with Gasteiger partial charge in [0, 0.05) is 18.8 Å². The van der Waals surface area contributed by atoms with Crippen LogP contribution in [0, 0.1) is 0 Å². The fourth-order valence-electron chi connectivity index (χ4n) is 3.52. The normalized spacial score (nSPS) is 13.6. The Morgan fingerprint density at radius 1 is 1.00 bits per heavy atom. The number of anilines is 2. The second-order valence-corrected chi connectivity index (χ2v) is 7.63. The number of benzene rings is 3. The molecule has 3 aromatic rings. The van der Waals surface area contributed by atoms with E-state index in [1.54, 1.807) is 6.07 Å². The van der Waals surface area contributed by atoms with Gasteiger partial charge in [0.15, 0.2) is 0 Å². The summed E-state index contributed by atoms with van der Waals surface area (Å²) in [6.45, 7) is 1.58. The van der Waals surface area contributed by atoms with Crippen molar-refractivity contribution in [2.24, 2.45) is 0 Å². The Morgan fingerprint density at radius 3 is 2.43 bits per heavy atom. The van der Waals surface area contributed by atoms with E-state index in [4.69, 9.17) is 11.6 Å². The molecule has 0 aromatic heterocycles. The Kier molecular flexibility index (Phi) is 6.00. The highest BCUT2D eigenvalue weighted by Gasteiger charge is 2.19. The van der Waals surface area contributed by atoms with Crippen molar-refractivity contribution in [1.29, 1.82) is 0 Å². The molecule has 3 aromatic carbocycles. The Bertz CT molecular complexity index is 1050. The fourth-order valence-corrected chi connectivity index (χ4v) is 3.82. The van der Waals surface area contributed by atoms with E-state index in [1.165, 1.54) is 0 Å². The molecule has 0 aliphatic carbocycles. The number of rotatable bonds is 5. The highest BCUT2D eigenvalue weighted by atomic mass is 35.5. The first-order valence-electron chi connectivity index (χ1n) is 9.84. The first-order chi connectivity index (χ1) is 14.6. The summed E-state index contributed by atoms with van der Waals surface area (Å²) in [4.78, 5) is 26.0. The molecule has 4 rings (SSSR count). The molecule has 1 fully saturated rings. The minimum atomic E-state index is -0.108. The Morgan fingerprint density at radius 2 is 1.73 bits per heavy atom. The average Bonchev–Trinajstić information content (AvgIpc) is 2.75. The lowest BCUT2D eigenvalue weighted by atomic mass is 10.0. The van der Waals surface area contributed by atoms with E-state index in [9.17, 15) is 9.59 Å². The Labute approximate surface area is 180 Å². The summed E-state index contributed by atoms with van der Waals surface area (Å²) in [5.41, 5.74) is 4.63. The third kappa shape index (κ3) is 4.81. The smallest absolute Gasteiger partial charge is 0.239 e. The monoisotopic (exact) mass is 419 g/mol. The number of nitrogens with zero attached hydrogens (tertiary/aromatic N) is 1. The van der Waals surface area contributed by atoms with Crippen LogP contribution in [-0.2, 0) is 16.0 Å². The van der Waals surface area contributed by atoms with Crippen LogP contribution in [0.3, 0.4) is 0 Å². The van der Waals surface area contributed by atoms with Crippen LogP contribution in [0.25, 0.3) is 11.1 Å². The topological polar surface area (TPSA) is 61.4 Å². The van der Waals surface area contributed by atoms with Gasteiger partial charge in [-0.1, -0.05) is 66.2 Å². The second kappa shape index (κ2) is 9.01. The molecular formula is C24H22ClN3O2. The highest BCUT2D eigenvalue weighted by Crippen LogP contribution is 2.29. The maximum Gasteiger partial charge on any atom is 0.239 e. The van der Waals surface area contributed by atoms with Crippen LogP contribution in [-0.4, -0.2) is 31.4 Å². The minimum Gasteiger partial charge on any atom is -0.359 e. The number of amides is 2. The van der Waals surface area contributed by atoms with Crippen molar-refractivity contribution in [3.8, 4) is 11.1 Å². The lowest BCUT2D eigenvalue weighted by Crippen LogP contribution is -2.47. The zero-order chi connectivity index (χ0) is 20.9. The largest absolute Gasteiger partial charge is 0.359 e.